The summed E-state index contributed by atoms with van der Waals surface area (Å²) in [6.07, 6.45) is 0. The molecule has 1 heterocycles. The fourth-order valence-corrected chi connectivity index (χ4v) is 3.34. The number of carbonyl (C=O) groups is 1. The van der Waals surface area contributed by atoms with Gasteiger partial charge in [-0.15, -0.1) is 10.2 Å². The Bertz CT molecular complexity index is 773. The predicted octanol–water partition coefficient (Wildman–Crippen LogP) is 2.96. The first kappa shape index (κ1) is 21.4. The van der Waals surface area contributed by atoms with Crippen LogP contribution in [0.4, 0.5) is 0 Å². The third-order valence-corrected chi connectivity index (χ3v) is 5.15. The molecule has 0 fully saturated rings. The highest BCUT2D eigenvalue weighted by molar-refractivity contribution is 8.00. The average molecular weight is 412 g/mol. The van der Waals surface area contributed by atoms with Crippen LogP contribution in [0, 0.1) is 0 Å². The maximum atomic E-state index is 12.6. The second-order valence-electron chi connectivity index (χ2n) is 7.25. The maximum absolute atomic E-state index is 12.6. The minimum absolute atomic E-state index is 0.0278. The number of nitrogens with zero attached hydrogens (tertiary/aromatic N) is 4. The van der Waals surface area contributed by atoms with Gasteiger partial charge in [0, 0.05) is 17.5 Å². The van der Waals surface area contributed by atoms with Gasteiger partial charge < -0.3 is 15.5 Å². The van der Waals surface area contributed by atoms with Gasteiger partial charge in [0.05, 0.1) is 11.8 Å². The van der Waals surface area contributed by atoms with Crippen molar-refractivity contribution in [3.05, 3.63) is 35.1 Å². The first-order valence-corrected chi connectivity index (χ1v) is 9.86. The number of benzene rings is 1. The first-order chi connectivity index (χ1) is 12.6. The lowest BCUT2D eigenvalue weighted by Crippen LogP contribution is -2.36. The maximum Gasteiger partial charge on any atom is 0.235 e. The van der Waals surface area contributed by atoms with Crippen molar-refractivity contribution in [1.82, 2.24) is 19.8 Å². The van der Waals surface area contributed by atoms with Crippen LogP contribution in [-0.2, 0) is 10.2 Å². The van der Waals surface area contributed by atoms with E-state index in [-0.39, 0.29) is 16.6 Å². The molecule has 0 saturated heterocycles. The van der Waals surface area contributed by atoms with Crippen LogP contribution in [0.25, 0.3) is 0 Å². The number of carbonyl (C=O) groups excluding carboxylic acids is 1. The quantitative estimate of drug-likeness (QED) is 0.556. The number of nitrogen functional groups attached to an aromatic ring is 1. The summed E-state index contributed by atoms with van der Waals surface area (Å²) in [5.41, 5.74) is -0.219. The Balaban J connectivity index is 1.87. The molecule has 148 valence electrons. The Morgan fingerprint density at radius 1 is 1.33 bits per heavy atom. The zero-order chi connectivity index (χ0) is 20.2. The van der Waals surface area contributed by atoms with E-state index in [0.717, 1.165) is 0 Å². The first-order valence-electron chi connectivity index (χ1n) is 8.60. The largest absolute Gasteiger partial charge is 0.492 e. The van der Waals surface area contributed by atoms with Gasteiger partial charge in [0.15, 0.2) is 5.82 Å². The Labute approximate surface area is 169 Å². The number of halogens is 1. The molecule has 1 atom stereocenters. The molecule has 0 spiro atoms. The predicted molar refractivity (Wildman–Crippen MR) is 109 cm³/mol. The standard InChI is InChI=1S/C18H26ClN5O2S/c1-12(27-17-22-21-16(24(17)20)18(2,3)4)15(25)23(5)10-11-26-14-8-6-13(19)7-9-14/h6-9,12H,10-11,20H2,1-5H3. The highest BCUT2D eigenvalue weighted by Crippen LogP contribution is 2.26. The van der Waals surface area contributed by atoms with E-state index in [2.05, 4.69) is 10.2 Å². The van der Waals surface area contributed by atoms with E-state index in [1.807, 2.05) is 27.7 Å². The van der Waals surface area contributed by atoms with Crippen molar-refractivity contribution in [3.8, 4) is 5.75 Å². The van der Waals surface area contributed by atoms with E-state index < -0.39 is 0 Å². The number of ether oxygens (including phenoxy) is 1. The molecule has 0 aliphatic carbocycles. The van der Waals surface area contributed by atoms with E-state index in [1.165, 1.54) is 16.4 Å². The molecular formula is C18H26ClN5O2S. The number of amides is 1. The monoisotopic (exact) mass is 411 g/mol. The van der Waals surface area contributed by atoms with Gasteiger partial charge in [0.2, 0.25) is 11.1 Å². The molecule has 2 N–H and O–H groups in total. The van der Waals surface area contributed by atoms with Crippen molar-refractivity contribution in [2.45, 2.75) is 43.5 Å². The van der Waals surface area contributed by atoms with Crippen molar-refractivity contribution >= 4 is 29.3 Å². The van der Waals surface area contributed by atoms with Crippen molar-refractivity contribution in [2.24, 2.45) is 0 Å². The van der Waals surface area contributed by atoms with Crippen LogP contribution >= 0.6 is 23.4 Å². The van der Waals surface area contributed by atoms with Gasteiger partial charge in [-0.1, -0.05) is 44.1 Å². The van der Waals surface area contributed by atoms with Crippen molar-refractivity contribution in [3.63, 3.8) is 0 Å². The van der Waals surface area contributed by atoms with Crippen molar-refractivity contribution in [2.75, 3.05) is 26.0 Å². The Morgan fingerprint density at radius 2 is 1.96 bits per heavy atom. The second kappa shape index (κ2) is 8.84. The van der Waals surface area contributed by atoms with Gasteiger partial charge in [-0.2, -0.15) is 0 Å². The minimum atomic E-state index is -0.343. The molecule has 7 nitrogen and oxygen atoms in total. The van der Waals surface area contributed by atoms with Crippen LogP contribution in [0.5, 0.6) is 5.75 Å². The van der Waals surface area contributed by atoms with Gasteiger partial charge >= 0.3 is 0 Å². The van der Waals surface area contributed by atoms with Gasteiger partial charge in [0.25, 0.3) is 0 Å². The van der Waals surface area contributed by atoms with E-state index in [1.54, 1.807) is 36.2 Å². The van der Waals surface area contributed by atoms with Gasteiger partial charge in [-0.05, 0) is 31.2 Å². The summed E-state index contributed by atoms with van der Waals surface area (Å²) in [6, 6.07) is 7.12. The number of thioether (sulfide) groups is 1. The zero-order valence-electron chi connectivity index (χ0n) is 16.3. The molecule has 0 aliphatic heterocycles. The van der Waals surface area contributed by atoms with Crippen LogP contribution in [0.1, 0.15) is 33.5 Å². The topological polar surface area (TPSA) is 86.3 Å². The molecule has 1 aromatic heterocycles. The summed E-state index contributed by atoms with van der Waals surface area (Å²) in [7, 11) is 1.75. The molecule has 0 bridgehead atoms. The second-order valence-corrected chi connectivity index (χ2v) is 8.99. The summed E-state index contributed by atoms with van der Waals surface area (Å²) in [5.74, 6) is 7.45. The fraction of sp³-hybridized carbons (Fsp3) is 0.500. The zero-order valence-corrected chi connectivity index (χ0v) is 17.8. The summed E-state index contributed by atoms with van der Waals surface area (Å²) in [5, 5.41) is 9.10. The van der Waals surface area contributed by atoms with Crippen LogP contribution in [0.3, 0.4) is 0 Å². The summed E-state index contributed by atoms with van der Waals surface area (Å²) in [4.78, 5) is 14.2. The molecular weight excluding hydrogens is 386 g/mol. The number of rotatable bonds is 7. The number of aromatic nitrogens is 3. The number of hydrogen-bond donors (Lipinski definition) is 1. The van der Waals surface area contributed by atoms with E-state index >= 15 is 0 Å². The van der Waals surface area contributed by atoms with Crippen molar-refractivity contribution < 1.29 is 9.53 Å². The molecule has 9 heteroatoms. The van der Waals surface area contributed by atoms with Gasteiger partial charge in [-0.3, -0.25) is 4.79 Å². The highest BCUT2D eigenvalue weighted by atomic mass is 35.5. The molecule has 1 unspecified atom stereocenters. The van der Waals surface area contributed by atoms with E-state index in [9.17, 15) is 4.79 Å². The summed E-state index contributed by atoms with van der Waals surface area (Å²) >= 11 is 7.14. The average Bonchev–Trinajstić information content (AvgIpc) is 2.96. The van der Waals surface area contributed by atoms with Crippen LogP contribution < -0.4 is 10.6 Å². The normalized spacial score (nSPS) is 12.7. The summed E-state index contributed by atoms with van der Waals surface area (Å²) < 4.78 is 7.09. The highest BCUT2D eigenvalue weighted by Gasteiger charge is 2.26. The van der Waals surface area contributed by atoms with Gasteiger partial charge in [-0.25, -0.2) is 4.68 Å². The number of hydrogen-bond acceptors (Lipinski definition) is 6. The number of likely N-dealkylation sites (N-methyl/N-ethyl adjacent to an activating group) is 1. The van der Waals surface area contributed by atoms with E-state index in [4.69, 9.17) is 22.2 Å². The molecule has 0 radical (unpaired) electrons. The molecule has 0 saturated carbocycles. The van der Waals surface area contributed by atoms with Crippen LogP contribution in [-0.4, -0.2) is 51.1 Å². The Hall–Kier alpha value is -1.93. The molecule has 2 aromatic rings. The lowest BCUT2D eigenvalue weighted by atomic mass is 9.96. The molecule has 0 aliphatic rings. The number of nitrogens with two attached hydrogens (primary N) is 1. The lowest BCUT2D eigenvalue weighted by molar-refractivity contribution is -0.129. The molecule has 1 aromatic carbocycles. The SMILES string of the molecule is CC(Sc1nnc(C(C)(C)C)n1N)C(=O)N(C)CCOc1ccc(Cl)cc1. The third kappa shape index (κ3) is 5.77. The van der Waals surface area contributed by atoms with Crippen molar-refractivity contribution in [1.29, 1.82) is 0 Å². The lowest BCUT2D eigenvalue weighted by Gasteiger charge is -2.21. The summed E-state index contributed by atoms with van der Waals surface area (Å²) in [6.45, 7) is 8.72. The van der Waals surface area contributed by atoms with Crippen LogP contribution in [0.15, 0.2) is 29.4 Å². The Morgan fingerprint density at radius 3 is 2.52 bits per heavy atom. The smallest absolute Gasteiger partial charge is 0.235 e. The molecule has 2 rings (SSSR count). The van der Waals surface area contributed by atoms with E-state index in [0.29, 0.717) is 34.9 Å². The minimum Gasteiger partial charge on any atom is -0.492 e. The molecule has 27 heavy (non-hydrogen) atoms. The van der Waals surface area contributed by atoms with Gasteiger partial charge in [0.1, 0.15) is 12.4 Å². The fourth-order valence-electron chi connectivity index (χ4n) is 2.33. The van der Waals surface area contributed by atoms with Crippen LogP contribution in [0.2, 0.25) is 5.02 Å². The molecule has 1 amide bonds. The third-order valence-electron chi connectivity index (χ3n) is 3.85. The Kier molecular flexibility index (Phi) is 7.00.